The second kappa shape index (κ2) is 5.49. The summed E-state index contributed by atoms with van der Waals surface area (Å²) in [7, 11) is 0. The number of hydrogen-bond donors (Lipinski definition) is 2. The van der Waals surface area contributed by atoms with Crippen LogP contribution in [0.1, 0.15) is 33.1 Å². The predicted molar refractivity (Wildman–Crippen MR) is 48.7 cm³/mol. The number of aliphatic hydroxyl groups is 1. The molecule has 0 aliphatic heterocycles. The summed E-state index contributed by atoms with van der Waals surface area (Å²) in [5, 5.41) is 9.01. The van der Waals surface area contributed by atoms with Gasteiger partial charge in [-0.15, -0.1) is 0 Å². The maximum absolute atomic E-state index is 11.9. The normalized spacial score (nSPS) is 16.5. The van der Waals surface area contributed by atoms with Crippen molar-refractivity contribution in [2.45, 2.75) is 38.6 Å². The lowest BCUT2D eigenvalue weighted by Gasteiger charge is -2.28. The first-order chi connectivity index (χ1) is 5.54. The number of rotatable bonds is 6. The molecule has 1 atom stereocenters. The van der Waals surface area contributed by atoms with E-state index in [4.69, 9.17) is 10.8 Å². The summed E-state index contributed by atoms with van der Waals surface area (Å²) in [5.41, 5.74) is 5.30. The van der Waals surface area contributed by atoms with Crippen LogP contribution < -0.4 is 5.73 Å². The van der Waals surface area contributed by atoms with Crippen molar-refractivity contribution in [3.63, 3.8) is 0 Å². The lowest BCUT2D eigenvalue weighted by molar-refractivity contribution is 0.160. The maximum Gasteiger partial charge on any atom is 0.0895 e. The number of hydrogen-bond acceptors (Lipinski definition) is 2. The van der Waals surface area contributed by atoms with Gasteiger partial charge >= 0.3 is 0 Å². The second-order valence-corrected chi connectivity index (χ2v) is 3.91. The van der Waals surface area contributed by atoms with Crippen molar-refractivity contribution in [1.29, 1.82) is 0 Å². The van der Waals surface area contributed by atoms with E-state index in [1.165, 1.54) is 0 Å². The van der Waals surface area contributed by atoms with E-state index in [2.05, 4.69) is 0 Å². The topological polar surface area (TPSA) is 46.2 Å². The van der Waals surface area contributed by atoms with Crippen LogP contribution in [-0.2, 0) is 0 Å². The molecule has 0 aliphatic carbocycles. The minimum atomic E-state index is -0.569. The van der Waals surface area contributed by atoms with Gasteiger partial charge in [0.05, 0.1) is 13.3 Å². The Bertz CT molecular complexity index is 119. The number of nitrogens with two attached hydrogens (primary N) is 1. The smallest absolute Gasteiger partial charge is 0.0895 e. The van der Waals surface area contributed by atoms with Gasteiger partial charge in [-0.05, 0) is 25.2 Å². The molecule has 0 radical (unpaired) electrons. The molecule has 74 valence electrons. The van der Waals surface area contributed by atoms with Crippen molar-refractivity contribution in [3.05, 3.63) is 0 Å². The van der Waals surface area contributed by atoms with Gasteiger partial charge in [-0.2, -0.15) is 0 Å². The van der Waals surface area contributed by atoms with Crippen molar-refractivity contribution in [2.24, 2.45) is 11.7 Å². The Kier molecular flexibility index (Phi) is 5.42. The molecule has 0 rings (SSSR count). The summed E-state index contributed by atoms with van der Waals surface area (Å²) >= 11 is 0. The molecule has 3 N–H and O–H groups in total. The maximum atomic E-state index is 11.9. The highest BCUT2D eigenvalue weighted by Crippen LogP contribution is 2.19. The fraction of sp³-hybridized carbons (Fsp3) is 1.00. The summed E-state index contributed by atoms with van der Waals surface area (Å²) in [6.07, 6.45) is 1.77. The van der Waals surface area contributed by atoms with Crippen molar-refractivity contribution >= 4 is 0 Å². The van der Waals surface area contributed by atoms with Gasteiger partial charge < -0.3 is 10.8 Å². The number of aliphatic hydroxyl groups excluding tert-OH is 1. The fourth-order valence-electron chi connectivity index (χ4n) is 1.48. The van der Waals surface area contributed by atoms with Crippen molar-refractivity contribution in [3.8, 4) is 0 Å². The lowest BCUT2D eigenvalue weighted by atomic mass is 9.86. The number of halogens is 1. The summed E-state index contributed by atoms with van der Waals surface area (Å²) in [4.78, 5) is 0. The summed E-state index contributed by atoms with van der Waals surface area (Å²) in [5.74, 6) is 0.446. The SMILES string of the molecule is CC(C)CC(N)(CO)CCCF. The van der Waals surface area contributed by atoms with E-state index < -0.39 is 5.54 Å². The van der Waals surface area contributed by atoms with Crippen molar-refractivity contribution in [2.75, 3.05) is 13.3 Å². The zero-order chi connectivity index (χ0) is 9.61. The van der Waals surface area contributed by atoms with Gasteiger partial charge in [0.2, 0.25) is 0 Å². The zero-order valence-corrected chi connectivity index (χ0v) is 8.02. The molecule has 0 spiro atoms. The molecule has 0 heterocycles. The van der Waals surface area contributed by atoms with E-state index in [0.717, 1.165) is 6.42 Å². The quantitative estimate of drug-likeness (QED) is 0.645. The van der Waals surface area contributed by atoms with E-state index in [0.29, 0.717) is 18.8 Å². The summed E-state index contributed by atoms with van der Waals surface area (Å²) in [6.45, 7) is 3.70. The van der Waals surface area contributed by atoms with Crippen LogP contribution in [0.2, 0.25) is 0 Å². The molecule has 12 heavy (non-hydrogen) atoms. The Hall–Kier alpha value is -0.150. The van der Waals surface area contributed by atoms with Gasteiger partial charge in [-0.3, -0.25) is 4.39 Å². The molecule has 0 saturated heterocycles. The van der Waals surface area contributed by atoms with Crippen LogP contribution in [0.4, 0.5) is 4.39 Å². The van der Waals surface area contributed by atoms with Crippen LogP contribution in [0.25, 0.3) is 0 Å². The average molecular weight is 177 g/mol. The minimum Gasteiger partial charge on any atom is -0.394 e. The van der Waals surface area contributed by atoms with Crippen LogP contribution in [0, 0.1) is 5.92 Å². The molecule has 0 aromatic heterocycles. The predicted octanol–water partition coefficient (Wildman–Crippen LogP) is 1.47. The molecule has 0 fully saturated rings. The molecular weight excluding hydrogens is 157 g/mol. The average Bonchev–Trinajstić information content (AvgIpc) is 2.00. The fourth-order valence-corrected chi connectivity index (χ4v) is 1.48. The largest absolute Gasteiger partial charge is 0.394 e. The summed E-state index contributed by atoms with van der Waals surface area (Å²) in [6, 6.07) is 0. The van der Waals surface area contributed by atoms with Gasteiger partial charge in [0.1, 0.15) is 0 Å². The molecule has 1 unspecified atom stereocenters. The van der Waals surface area contributed by atoms with Gasteiger partial charge in [-0.25, -0.2) is 0 Å². The van der Waals surface area contributed by atoms with E-state index in [-0.39, 0.29) is 13.3 Å². The van der Waals surface area contributed by atoms with Crippen molar-refractivity contribution in [1.82, 2.24) is 0 Å². The molecule has 0 bridgehead atoms. The molecule has 3 heteroatoms. The lowest BCUT2D eigenvalue weighted by Crippen LogP contribution is -2.44. The molecule has 0 aromatic rings. The van der Waals surface area contributed by atoms with Crippen molar-refractivity contribution < 1.29 is 9.50 Å². The van der Waals surface area contributed by atoms with E-state index in [1.807, 2.05) is 13.8 Å². The van der Waals surface area contributed by atoms with E-state index in [9.17, 15) is 4.39 Å². The van der Waals surface area contributed by atoms with Gasteiger partial charge in [0, 0.05) is 5.54 Å². The highest BCUT2D eigenvalue weighted by molar-refractivity contribution is 4.84. The Morgan fingerprint density at radius 3 is 2.42 bits per heavy atom. The third-order valence-corrected chi connectivity index (χ3v) is 1.94. The standard InChI is InChI=1S/C9H20FNO/c1-8(2)6-9(11,7-12)4-3-5-10/h8,12H,3-7,11H2,1-2H3. The van der Waals surface area contributed by atoms with E-state index in [1.54, 1.807) is 0 Å². The zero-order valence-electron chi connectivity index (χ0n) is 8.02. The monoisotopic (exact) mass is 177 g/mol. The van der Waals surface area contributed by atoms with Gasteiger partial charge in [-0.1, -0.05) is 13.8 Å². The van der Waals surface area contributed by atoms with Gasteiger partial charge in [0.25, 0.3) is 0 Å². The number of alkyl halides is 1. The molecular formula is C9H20FNO. The first kappa shape index (κ1) is 11.8. The first-order valence-electron chi connectivity index (χ1n) is 4.50. The first-order valence-corrected chi connectivity index (χ1v) is 4.50. The minimum absolute atomic E-state index is 0.0504. The Morgan fingerprint density at radius 2 is 2.08 bits per heavy atom. The third kappa shape index (κ3) is 4.67. The Morgan fingerprint density at radius 1 is 1.50 bits per heavy atom. The van der Waals surface area contributed by atoms with Gasteiger partial charge in [0.15, 0.2) is 0 Å². The Labute approximate surface area is 74.0 Å². The van der Waals surface area contributed by atoms with Crippen LogP contribution in [0.3, 0.4) is 0 Å². The van der Waals surface area contributed by atoms with Crippen LogP contribution in [-0.4, -0.2) is 23.9 Å². The molecule has 0 aliphatic rings. The molecule has 2 nitrogen and oxygen atoms in total. The molecule has 0 amide bonds. The molecule has 0 aromatic carbocycles. The second-order valence-electron chi connectivity index (χ2n) is 3.91. The summed E-state index contributed by atoms with van der Waals surface area (Å²) < 4.78 is 11.9. The molecule has 0 saturated carbocycles. The van der Waals surface area contributed by atoms with Crippen LogP contribution in [0.15, 0.2) is 0 Å². The van der Waals surface area contributed by atoms with Crippen LogP contribution in [0.5, 0.6) is 0 Å². The van der Waals surface area contributed by atoms with E-state index >= 15 is 0 Å². The highest BCUT2D eigenvalue weighted by Gasteiger charge is 2.24. The third-order valence-electron chi connectivity index (χ3n) is 1.94. The highest BCUT2D eigenvalue weighted by atomic mass is 19.1. The Balaban J connectivity index is 3.86. The van der Waals surface area contributed by atoms with Crippen LogP contribution >= 0.6 is 0 Å².